The van der Waals surface area contributed by atoms with Gasteiger partial charge in [0.05, 0.1) is 24.9 Å². The normalized spacial score (nSPS) is 27.8. The molecule has 28 heavy (non-hydrogen) atoms. The summed E-state index contributed by atoms with van der Waals surface area (Å²) in [7, 11) is 1.75. The summed E-state index contributed by atoms with van der Waals surface area (Å²) in [6.07, 6.45) is 8.17. The monoisotopic (exact) mass is 377 g/mol. The molecule has 0 saturated carbocycles. The molecule has 0 aromatic heterocycles. The molecule has 0 radical (unpaired) electrons. The van der Waals surface area contributed by atoms with E-state index in [0.717, 1.165) is 43.1 Å². The zero-order valence-corrected chi connectivity index (χ0v) is 16.3. The van der Waals surface area contributed by atoms with Crippen LogP contribution in [0.4, 0.5) is 5.69 Å². The van der Waals surface area contributed by atoms with Gasteiger partial charge in [-0.25, -0.2) is 0 Å². The summed E-state index contributed by atoms with van der Waals surface area (Å²) in [4.78, 5) is 0. The number of methoxy groups -OCH3 is 1. The summed E-state index contributed by atoms with van der Waals surface area (Å²) in [5.41, 5.74) is 3.65. The Bertz CT molecular complexity index is 872. The highest BCUT2D eigenvalue weighted by atomic mass is 16.5. The number of para-hydroxylation sites is 2. The van der Waals surface area contributed by atoms with Crippen molar-refractivity contribution in [3.05, 3.63) is 65.7 Å². The third-order valence-corrected chi connectivity index (χ3v) is 6.28. The molecule has 4 heteroatoms. The number of anilines is 1. The minimum atomic E-state index is 0.191. The number of hydrogen-bond donors (Lipinski definition) is 1. The van der Waals surface area contributed by atoms with E-state index < -0.39 is 0 Å². The molecular weight excluding hydrogens is 350 g/mol. The maximum absolute atomic E-state index is 6.23. The average Bonchev–Trinajstić information content (AvgIpc) is 3.43. The van der Waals surface area contributed by atoms with Gasteiger partial charge in [0.2, 0.25) is 0 Å². The van der Waals surface area contributed by atoms with E-state index in [4.69, 9.17) is 14.2 Å². The maximum atomic E-state index is 6.23. The Labute approximate surface area is 166 Å². The molecule has 3 aliphatic rings. The van der Waals surface area contributed by atoms with E-state index in [2.05, 4.69) is 47.8 Å². The number of ether oxygens (including phenoxy) is 3. The van der Waals surface area contributed by atoms with Gasteiger partial charge < -0.3 is 19.5 Å². The predicted octanol–water partition coefficient (Wildman–Crippen LogP) is 5.08. The van der Waals surface area contributed by atoms with Crippen molar-refractivity contribution in [2.24, 2.45) is 5.92 Å². The van der Waals surface area contributed by atoms with Crippen molar-refractivity contribution >= 4 is 5.69 Å². The quantitative estimate of drug-likeness (QED) is 0.738. The van der Waals surface area contributed by atoms with Crippen molar-refractivity contribution in [1.29, 1.82) is 0 Å². The molecule has 2 aliphatic heterocycles. The largest absolute Gasteiger partial charge is 0.496 e. The summed E-state index contributed by atoms with van der Waals surface area (Å²) in [6, 6.07) is 14.9. The second-order valence-corrected chi connectivity index (χ2v) is 7.88. The van der Waals surface area contributed by atoms with Gasteiger partial charge >= 0.3 is 0 Å². The molecule has 4 atom stereocenters. The van der Waals surface area contributed by atoms with Gasteiger partial charge in [0.25, 0.3) is 0 Å². The van der Waals surface area contributed by atoms with Gasteiger partial charge in [0.1, 0.15) is 18.1 Å². The highest BCUT2D eigenvalue weighted by Gasteiger charge is 2.40. The predicted molar refractivity (Wildman–Crippen MR) is 110 cm³/mol. The Hall–Kier alpha value is -2.46. The molecule has 2 aromatic rings. The lowest BCUT2D eigenvalue weighted by molar-refractivity contribution is 0.0681. The van der Waals surface area contributed by atoms with Gasteiger partial charge in [-0.3, -0.25) is 0 Å². The van der Waals surface area contributed by atoms with Crippen LogP contribution in [0, 0.1) is 5.92 Å². The molecule has 146 valence electrons. The molecule has 1 N–H and O–H groups in total. The lowest BCUT2D eigenvalue weighted by Crippen LogP contribution is -2.30. The summed E-state index contributed by atoms with van der Waals surface area (Å²) < 4.78 is 17.6. The van der Waals surface area contributed by atoms with Crippen molar-refractivity contribution in [2.45, 2.75) is 37.3 Å². The summed E-state index contributed by atoms with van der Waals surface area (Å²) in [6.45, 7) is 1.46. The lowest BCUT2D eigenvalue weighted by atomic mass is 9.76. The first-order valence-electron chi connectivity index (χ1n) is 10.3. The van der Waals surface area contributed by atoms with Crippen LogP contribution in [0.2, 0.25) is 0 Å². The van der Waals surface area contributed by atoms with Gasteiger partial charge in [-0.1, -0.05) is 42.5 Å². The molecule has 0 spiro atoms. The molecule has 1 fully saturated rings. The third-order valence-electron chi connectivity index (χ3n) is 6.28. The van der Waals surface area contributed by atoms with E-state index >= 15 is 0 Å². The zero-order chi connectivity index (χ0) is 18.9. The van der Waals surface area contributed by atoms with Gasteiger partial charge in [-0.15, -0.1) is 0 Å². The van der Waals surface area contributed by atoms with E-state index in [1.807, 2.05) is 12.1 Å². The maximum Gasteiger partial charge on any atom is 0.142 e. The van der Waals surface area contributed by atoms with Crippen LogP contribution in [-0.2, 0) is 4.74 Å². The molecule has 2 aromatic carbocycles. The number of rotatable bonds is 5. The highest BCUT2D eigenvalue weighted by Crippen LogP contribution is 2.53. The summed E-state index contributed by atoms with van der Waals surface area (Å²) >= 11 is 0. The van der Waals surface area contributed by atoms with E-state index in [0.29, 0.717) is 18.4 Å². The summed E-state index contributed by atoms with van der Waals surface area (Å²) in [5, 5.41) is 3.82. The molecule has 2 heterocycles. The Kier molecular flexibility index (Phi) is 4.73. The first-order chi connectivity index (χ1) is 13.8. The number of benzene rings is 2. The molecule has 0 bridgehead atoms. The number of nitrogens with one attached hydrogen (secondary N) is 1. The SMILES string of the molecule is COc1ccccc1C1Nc2c(OCC3CCCO3)cccc2C2C=CCC21. The fraction of sp³-hybridized carbons (Fsp3) is 0.417. The van der Waals surface area contributed by atoms with Crippen molar-refractivity contribution in [3.8, 4) is 11.5 Å². The van der Waals surface area contributed by atoms with Crippen LogP contribution in [0.15, 0.2) is 54.6 Å². The molecule has 0 amide bonds. The molecular formula is C24H27NO3. The van der Waals surface area contributed by atoms with Crippen molar-refractivity contribution in [1.82, 2.24) is 0 Å². The standard InChI is InChI=1S/C24H27NO3/c1-26-21-12-3-2-8-20(21)23-18-10-4-9-17(18)19-11-5-13-22(24(19)25-23)28-15-16-7-6-14-27-16/h2-5,8-9,11-13,16-18,23,25H,6-7,10,14-15H2,1H3. The Balaban J connectivity index is 1.49. The Morgan fingerprint density at radius 3 is 2.79 bits per heavy atom. The smallest absolute Gasteiger partial charge is 0.142 e. The molecule has 4 nitrogen and oxygen atoms in total. The van der Waals surface area contributed by atoms with Crippen LogP contribution in [0.1, 0.15) is 42.3 Å². The minimum absolute atomic E-state index is 0.191. The number of fused-ring (bicyclic) bond motifs is 3. The van der Waals surface area contributed by atoms with Crippen LogP contribution in [-0.4, -0.2) is 26.4 Å². The van der Waals surface area contributed by atoms with Gasteiger partial charge in [0, 0.05) is 18.1 Å². The van der Waals surface area contributed by atoms with Crippen LogP contribution in [0.3, 0.4) is 0 Å². The van der Waals surface area contributed by atoms with E-state index in [1.165, 1.54) is 11.1 Å². The lowest BCUT2D eigenvalue weighted by Gasteiger charge is -2.38. The molecule has 1 aliphatic carbocycles. The van der Waals surface area contributed by atoms with Gasteiger partial charge in [-0.05, 0) is 42.9 Å². The average molecular weight is 377 g/mol. The van der Waals surface area contributed by atoms with E-state index in [9.17, 15) is 0 Å². The molecule has 4 unspecified atom stereocenters. The zero-order valence-electron chi connectivity index (χ0n) is 16.3. The van der Waals surface area contributed by atoms with Crippen molar-refractivity contribution in [2.75, 3.05) is 25.6 Å². The fourth-order valence-electron chi connectivity index (χ4n) is 4.90. The van der Waals surface area contributed by atoms with Gasteiger partial charge in [-0.2, -0.15) is 0 Å². The Morgan fingerprint density at radius 1 is 1.07 bits per heavy atom. The van der Waals surface area contributed by atoms with E-state index in [1.54, 1.807) is 7.11 Å². The topological polar surface area (TPSA) is 39.7 Å². The highest BCUT2D eigenvalue weighted by molar-refractivity contribution is 5.68. The van der Waals surface area contributed by atoms with Crippen LogP contribution < -0.4 is 14.8 Å². The van der Waals surface area contributed by atoms with Crippen LogP contribution in [0.5, 0.6) is 11.5 Å². The third kappa shape index (κ3) is 3.06. The molecule has 1 saturated heterocycles. The van der Waals surface area contributed by atoms with Crippen molar-refractivity contribution in [3.63, 3.8) is 0 Å². The minimum Gasteiger partial charge on any atom is -0.496 e. The number of allylic oxidation sites excluding steroid dienone is 2. The Morgan fingerprint density at radius 2 is 1.93 bits per heavy atom. The van der Waals surface area contributed by atoms with Crippen LogP contribution >= 0.6 is 0 Å². The second kappa shape index (κ2) is 7.51. The van der Waals surface area contributed by atoms with Gasteiger partial charge in [0.15, 0.2) is 0 Å². The summed E-state index contributed by atoms with van der Waals surface area (Å²) in [5.74, 6) is 2.74. The van der Waals surface area contributed by atoms with Crippen molar-refractivity contribution < 1.29 is 14.2 Å². The van der Waals surface area contributed by atoms with Crippen LogP contribution in [0.25, 0.3) is 0 Å². The second-order valence-electron chi connectivity index (χ2n) is 7.88. The number of hydrogen-bond acceptors (Lipinski definition) is 4. The van der Waals surface area contributed by atoms with E-state index in [-0.39, 0.29) is 12.1 Å². The fourth-order valence-corrected chi connectivity index (χ4v) is 4.90. The molecule has 5 rings (SSSR count). The first-order valence-corrected chi connectivity index (χ1v) is 10.3. The first kappa shape index (κ1) is 17.6.